The molecule has 2 aliphatic heterocycles. The maximum absolute atomic E-state index is 12.1. The molecule has 0 saturated carbocycles. The highest BCUT2D eigenvalue weighted by molar-refractivity contribution is 5.88. The molecule has 10 nitrogen and oxygen atoms in total. The lowest BCUT2D eigenvalue weighted by Crippen LogP contribution is -2.35. The normalized spacial score (nSPS) is 17.4. The first-order valence-electron chi connectivity index (χ1n) is 10.5. The van der Waals surface area contributed by atoms with Gasteiger partial charge in [0.05, 0.1) is 12.3 Å². The van der Waals surface area contributed by atoms with Gasteiger partial charge in [-0.25, -0.2) is 4.79 Å². The molecule has 0 spiro atoms. The molecule has 0 N–H and O–H groups in total. The summed E-state index contributed by atoms with van der Waals surface area (Å²) in [5.74, 6) is 1.24. The van der Waals surface area contributed by atoms with Gasteiger partial charge < -0.3 is 14.5 Å². The van der Waals surface area contributed by atoms with Crippen LogP contribution in [-0.2, 0) is 4.74 Å². The summed E-state index contributed by atoms with van der Waals surface area (Å²) in [4.78, 5) is 30.7. The molecule has 2 aromatic heterocycles. The van der Waals surface area contributed by atoms with Crippen molar-refractivity contribution in [2.75, 3.05) is 42.6 Å². The van der Waals surface area contributed by atoms with Crippen molar-refractivity contribution in [1.29, 1.82) is 0 Å². The fourth-order valence-corrected chi connectivity index (χ4v) is 3.82. The molecule has 0 bridgehead atoms. The van der Waals surface area contributed by atoms with E-state index in [9.17, 15) is 4.79 Å². The standard InChI is InChI=1S/C19H28N8O2/c1-3-29-16(28)15-14(2)27(24-23-15)19-21-17(25-10-6-4-7-11-25)20-18(22-19)26-12-8-5-9-13-26/h3-13H2,1-2H3. The molecule has 2 fully saturated rings. The van der Waals surface area contributed by atoms with Crippen LogP contribution in [0.4, 0.5) is 11.9 Å². The fraction of sp³-hybridized carbons (Fsp3) is 0.684. The highest BCUT2D eigenvalue weighted by Crippen LogP contribution is 2.22. The van der Waals surface area contributed by atoms with Crippen LogP contribution in [0, 0.1) is 6.92 Å². The lowest BCUT2D eigenvalue weighted by atomic mass is 10.1. The van der Waals surface area contributed by atoms with Gasteiger partial charge >= 0.3 is 5.97 Å². The Balaban J connectivity index is 1.72. The number of piperidine rings is 2. The summed E-state index contributed by atoms with van der Waals surface area (Å²) in [5.41, 5.74) is 0.746. The van der Waals surface area contributed by atoms with Crippen molar-refractivity contribution < 1.29 is 9.53 Å². The van der Waals surface area contributed by atoms with Crippen molar-refractivity contribution in [1.82, 2.24) is 29.9 Å². The van der Waals surface area contributed by atoms with Gasteiger partial charge in [-0.05, 0) is 52.4 Å². The third-order valence-corrected chi connectivity index (χ3v) is 5.43. The topological polar surface area (TPSA) is 102 Å². The van der Waals surface area contributed by atoms with E-state index in [0.29, 0.717) is 23.5 Å². The second-order valence-electron chi connectivity index (χ2n) is 7.49. The van der Waals surface area contributed by atoms with Gasteiger partial charge in [0.2, 0.25) is 11.9 Å². The molecule has 0 amide bonds. The van der Waals surface area contributed by atoms with Crippen LogP contribution in [0.3, 0.4) is 0 Å². The Morgan fingerprint density at radius 3 is 1.90 bits per heavy atom. The summed E-state index contributed by atoms with van der Waals surface area (Å²) in [5, 5.41) is 8.14. The summed E-state index contributed by atoms with van der Waals surface area (Å²) >= 11 is 0. The average Bonchev–Trinajstić information content (AvgIpc) is 3.16. The van der Waals surface area contributed by atoms with E-state index in [1.165, 1.54) is 17.5 Å². The van der Waals surface area contributed by atoms with Gasteiger partial charge in [0.25, 0.3) is 5.95 Å². The molecule has 2 aliphatic rings. The molecule has 0 radical (unpaired) electrons. The molecular weight excluding hydrogens is 372 g/mol. The Morgan fingerprint density at radius 2 is 1.38 bits per heavy atom. The third-order valence-electron chi connectivity index (χ3n) is 5.43. The number of anilines is 2. The molecule has 4 rings (SSSR count). The van der Waals surface area contributed by atoms with E-state index in [1.807, 2.05) is 0 Å². The van der Waals surface area contributed by atoms with E-state index < -0.39 is 5.97 Å². The molecule has 2 aromatic rings. The number of ether oxygens (including phenoxy) is 1. The Bertz CT molecular complexity index is 820. The quantitative estimate of drug-likeness (QED) is 0.696. The predicted molar refractivity (Wildman–Crippen MR) is 108 cm³/mol. The largest absolute Gasteiger partial charge is 0.461 e. The van der Waals surface area contributed by atoms with Gasteiger partial charge in [0, 0.05) is 26.2 Å². The van der Waals surface area contributed by atoms with E-state index in [4.69, 9.17) is 9.72 Å². The zero-order valence-corrected chi connectivity index (χ0v) is 17.2. The van der Waals surface area contributed by atoms with Gasteiger partial charge in [-0.15, -0.1) is 5.10 Å². The lowest BCUT2D eigenvalue weighted by molar-refractivity contribution is 0.0518. The first kappa shape index (κ1) is 19.5. The van der Waals surface area contributed by atoms with Crippen molar-refractivity contribution in [3.63, 3.8) is 0 Å². The van der Waals surface area contributed by atoms with Gasteiger partial charge in [-0.3, -0.25) is 0 Å². The molecule has 10 heteroatoms. The monoisotopic (exact) mass is 400 g/mol. The predicted octanol–water partition coefficient (Wildman–Crippen LogP) is 1.92. The Kier molecular flexibility index (Phi) is 5.86. The molecule has 0 unspecified atom stereocenters. The number of carbonyl (C=O) groups is 1. The van der Waals surface area contributed by atoms with Crippen LogP contribution in [0.1, 0.15) is 61.6 Å². The molecule has 0 atom stereocenters. The summed E-state index contributed by atoms with van der Waals surface area (Å²) in [6, 6.07) is 0. The number of esters is 1. The minimum Gasteiger partial charge on any atom is -0.461 e. The maximum Gasteiger partial charge on any atom is 0.360 e. The zero-order chi connectivity index (χ0) is 20.2. The van der Waals surface area contributed by atoms with Gasteiger partial charge in [-0.2, -0.15) is 19.6 Å². The molecule has 4 heterocycles. The van der Waals surface area contributed by atoms with Crippen molar-refractivity contribution in [3.8, 4) is 5.95 Å². The zero-order valence-electron chi connectivity index (χ0n) is 17.2. The summed E-state index contributed by atoms with van der Waals surface area (Å²) in [6.45, 7) is 7.58. The van der Waals surface area contributed by atoms with Crippen molar-refractivity contribution >= 4 is 17.9 Å². The Labute approximate surface area is 170 Å². The lowest BCUT2D eigenvalue weighted by Gasteiger charge is -2.30. The van der Waals surface area contributed by atoms with Crippen LogP contribution >= 0.6 is 0 Å². The number of rotatable bonds is 5. The van der Waals surface area contributed by atoms with Crippen LogP contribution in [-0.4, -0.2) is 68.7 Å². The average molecular weight is 400 g/mol. The SMILES string of the molecule is CCOC(=O)c1nnn(-c2nc(N3CCCCC3)nc(N3CCCCC3)n2)c1C. The third kappa shape index (κ3) is 4.15. The molecule has 156 valence electrons. The van der Waals surface area contributed by atoms with Crippen molar-refractivity contribution in [2.45, 2.75) is 52.4 Å². The van der Waals surface area contributed by atoms with E-state index in [1.54, 1.807) is 13.8 Å². The number of carbonyl (C=O) groups excluding carboxylic acids is 1. The Morgan fingerprint density at radius 1 is 0.862 bits per heavy atom. The summed E-state index contributed by atoms with van der Waals surface area (Å²) < 4.78 is 6.58. The van der Waals surface area contributed by atoms with E-state index in [2.05, 4.69) is 30.1 Å². The maximum atomic E-state index is 12.1. The van der Waals surface area contributed by atoms with Crippen LogP contribution in [0.15, 0.2) is 0 Å². The van der Waals surface area contributed by atoms with Gasteiger partial charge in [0.15, 0.2) is 5.69 Å². The summed E-state index contributed by atoms with van der Waals surface area (Å²) in [7, 11) is 0. The van der Waals surface area contributed by atoms with Crippen molar-refractivity contribution in [3.05, 3.63) is 11.4 Å². The minimum atomic E-state index is -0.488. The first-order valence-corrected chi connectivity index (χ1v) is 10.5. The van der Waals surface area contributed by atoms with Gasteiger partial charge in [-0.1, -0.05) is 5.21 Å². The number of nitrogens with zero attached hydrogens (tertiary/aromatic N) is 8. The second kappa shape index (κ2) is 8.71. The highest BCUT2D eigenvalue weighted by atomic mass is 16.5. The highest BCUT2D eigenvalue weighted by Gasteiger charge is 2.24. The number of hydrogen-bond acceptors (Lipinski definition) is 9. The summed E-state index contributed by atoms with van der Waals surface area (Å²) in [6.07, 6.45) is 7.01. The van der Waals surface area contributed by atoms with Crippen LogP contribution in [0.2, 0.25) is 0 Å². The van der Waals surface area contributed by atoms with Crippen LogP contribution < -0.4 is 9.80 Å². The Hall–Kier alpha value is -2.78. The minimum absolute atomic E-state index is 0.186. The van der Waals surface area contributed by atoms with Crippen molar-refractivity contribution in [2.24, 2.45) is 0 Å². The number of hydrogen-bond donors (Lipinski definition) is 0. The van der Waals surface area contributed by atoms with E-state index >= 15 is 0 Å². The fourth-order valence-electron chi connectivity index (χ4n) is 3.82. The van der Waals surface area contributed by atoms with Gasteiger partial charge in [0.1, 0.15) is 0 Å². The molecular formula is C19H28N8O2. The second-order valence-corrected chi connectivity index (χ2v) is 7.49. The first-order chi connectivity index (χ1) is 14.2. The van der Waals surface area contributed by atoms with Crippen LogP contribution in [0.5, 0.6) is 0 Å². The smallest absolute Gasteiger partial charge is 0.360 e. The van der Waals surface area contributed by atoms with E-state index in [-0.39, 0.29) is 12.3 Å². The molecule has 0 aliphatic carbocycles. The molecule has 2 saturated heterocycles. The molecule has 0 aromatic carbocycles. The molecule has 29 heavy (non-hydrogen) atoms. The number of aromatic nitrogens is 6. The van der Waals surface area contributed by atoms with Crippen LogP contribution in [0.25, 0.3) is 5.95 Å². The van der Waals surface area contributed by atoms with E-state index in [0.717, 1.165) is 51.9 Å².